The van der Waals surface area contributed by atoms with Crippen LogP contribution in [0.1, 0.15) is 27.7 Å². The van der Waals surface area contributed by atoms with Crippen LogP contribution < -0.4 is 11.1 Å². The molecular formula is C16H22N2O. The summed E-state index contributed by atoms with van der Waals surface area (Å²) in [6.07, 6.45) is 3.03. The second kappa shape index (κ2) is 6.23. The van der Waals surface area contributed by atoms with Crippen molar-refractivity contribution in [3.8, 4) is 0 Å². The minimum absolute atomic E-state index is 0.103. The summed E-state index contributed by atoms with van der Waals surface area (Å²) < 4.78 is 0. The van der Waals surface area contributed by atoms with Gasteiger partial charge in [-0.1, -0.05) is 39.0 Å². The average Bonchev–Trinajstić information content (AvgIpc) is 2.28. The van der Waals surface area contributed by atoms with Crippen LogP contribution in [0.15, 0.2) is 53.9 Å². The molecule has 1 rings (SSSR count). The molecule has 3 nitrogen and oxygen atoms in total. The molecule has 0 atom stereocenters. The van der Waals surface area contributed by atoms with Crippen LogP contribution in [0.5, 0.6) is 0 Å². The Labute approximate surface area is 115 Å². The van der Waals surface area contributed by atoms with E-state index in [0.29, 0.717) is 5.70 Å². The first-order valence-electron chi connectivity index (χ1n) is 6.31. The number of nitrogens with one attached hydrogen (secondary N) is 1. The molecule has 0 fully saturated rings. The number of hydrogen-bond donors (Lipinski definition) is 2. The predicted molar refractivity (Wildman–Crippen MR) is 80.6 cm³/mol. The minimum Gasteiger partial charge on any atom is -0.401 e. The van der Waals surface area contributed by atoms with Crippen LogP contribution in [0, 0.1) is 5.41 Å². The van der Waals surface area contributed by atoms with E-state index in [-0.39, 0.29) is 11.2 Å². The Bertz CT molecular complexity index is 493. The smallest absolute Gasteiger partial charge is 0.182 e. The van der Waals surface area contributed by atoms with Gasteiger partial charge < -0.3 is 11.1 Å². The summed E-state index contributed by atoms with van der Waals surface area (Å²) in [5, 5.41) is 3.15. The highest BCUT2D eigenvalue weighted by molar-refractivity contribution is 6.00. The number of benzene rings is 1. The number of nitrogens with two attached hydrogens (primary N) is 1. The van der Waals surface area contributed by atoms with E-state index in [2.05, 4.69) is 5.32 Å². The molecule has 3 N–H and O–H groups in total. The van der Waals surface area contributed by atoms with Crippen molar-refractivity contribution in [2.75, 3.05) is 5.32 Å². The third kappa shape index (κ3) is 5.42. The van der Waals surface area contributed by atoms with Gasteiger partial charge in [-0.15, -0.1) is 0 Å². The highest BCUT2D eigenvalue weighted by Crippen LogP contribution is 2.20. The fraction of sp³-hybridized carbons (Fsp3) is 0.312. The van der Waals surface area contributed by atoms with Gasteiger partial charge in [0, 0.05) is 34.6 Å². The van der Waals surface area contributed by atoms with Crippen molar-refractivity contribution in [2.24, 2.45) is 11.1 Å². The maximum absolute atomic E-state index is 11.8. The van der Waals surface area contributed by atoms with Gasteiger partial charge in [0.2, 0.25) is 0 Å². The number of hydrogen-bond acceptors (Lipinski definition) is 3. The van der Waals surface area contributed by atoms with Crippen molar-refractivity contribution in [3.63, 3.8) is 0 Å². The van der Waals surface area contributed by atoms with E-state index in [4.69, 9.17) is 5.73 Å². The van der Waals surface area contributed by atoms with Gasteiger partial charge in [-0.05, 0) is 19.1 Å². The Hall–Kier alpha value is -2.03. The SMILES string of the molecule is C/C(=C/C(=O)/C=C(\N)C(C)(C)C)Nc1ccccc1. The number of para-hydroxylation sites is 1. The lowest BCUT2D eigenvalue weighted by atomic mass is 9.91. The van der Waals surface area contributed by atoms with Gasteiger partial charge in [0.05, 0.1) is 0 Å². The van der Waals surface area contributed by atoms with Gasteiger partial charge in [0.1, 0.15) is 0 Å². The molecule has 19 heavy (non-hydrogen) atoms. The quantitative estimate of drug-likeness (QED) is 0.813. The first-order chi connectivity index (χ1) is 8.79. The maximum Gasteiger partial charge on any atom is 0.182 e. The molecule has 0 spiro atoms. The van der Waals surface area contributed by atoms with Crippen molar-refractivity contribution in [3.05, 3.63) is 53.9 Å². The molecule has 0 heterocycles. The van der Waals surface area contributed by atoms with Crippen molar-refractivity contribution in [2.45, 2.75) is 27.7 Å². The fourth-order valence-electron chi connectivity index (χ4n) is 1.41. The maximum atomic E-state index is 11.8. The lowest BCUT2D eigenvalue weighted by molar-refractivity contribution is -0.110. The molecule has 0 aliphatic carbocycles. The summed E-state index contributed by atoms with van der Waals surface area (Å²) in [6.45, 7) is 7.78. The van der Waals surface area contributed by atoms with Gasteiger partial charge in [-0.3, -0.25) is 4.79 Å². The van der Waals surface area contributed by atoms with Crippen LogP contribution in [-0.2, 0) is 4.79 Å². The van der Waals surface area contributed by atoms with E-state index >= 15 is 0 Å². The van der Waals surface area contributed by atoms with Crippen LogP contribution >= 0.6 is 0 Å². The zero-order valence-corrected chi connectivity index (χ0v) is 12.0. The van der Waals surface area contributed by atoms with Crippen molar-refractivity contribution >= 4 is 11.5 Å². The largest absolute Gasteiger partial charge is 0.401 e. The lowest BCUT2D eigenvalue weighted by Crippen LogP contribution is -2.18. The molecule has 0 saturated heterocycles. The van der Waals surface area contributed by atoms with E-state index in [1.54, 1.807) is 6.08 Å². The van der Waals surface area contributed by atoms with Crippen LogP contribution in [0.2, 0.25) is 0 Å². The Kier molecular flexibility index (Phi) is 4.93. The Morgan fingerprint density at radius 1 is 1.16 bits per heavy atom. The second-order valence-electron chi connectivity index (χ2n) is 5.57. The molecule has 102 valence electrons. The standard InChI is InChI=1S/C16H22N2O/c1-12(18-13-8-6-5-7-9-13)10-14(19)11-15(17)16(2,3)4/h5-11,18H,17H2,1-4H3/b12-10-,15-11-. The zero-order valence-electron chi connectivity index (χ0n) is 12.0. The number of carbonyl (C=O) groups excluding carboxylic acids is 1. The van der Waals surface area contributed by atoms with Gasteiger partial charge in [0.25, 0.3) is 0 Å². The number of rotatable bonds is 4. The Morgan fingerprint density at radius 2 is 1.74 bits per heavy atom. The third-order valence-electron chi connectivity index (χ3n) is 2.64. The number of ketones is 1. The zero-order chi connectivity index (χ0) is 14.5. The predicted octanol–water partition coefficient (Wildman–Crippen LogP) is 3.46. The average molecular weight is 258 g/mol. The molecule has 0 radical (unpaired) electrons. The van der Waals surface area contributed by atoms with Gasteiger partial charge in [-0.2, -0.15) is 0 Å². The highest BCUT2D eigenvalue weighted by atomic mass is 16.1. The molecule has 1 aromatic rings. The summed E-state index contributed by atoms with van der Waals surface area (Å²) in [4.78, 5) is 11.8. The van der Waals surface area contributed by atoms with Crippen molar-refractivity contribution in [1.29, 1.82) is 0 Å². The van der Waals surface area contributed by atoms with E-state index < -0.39 is 0 Å². The monoisotopic (exact) mass is 258 g/mol. The van der Waals surface area contributed by atoms with Gasteiger partial charge >= 0.3 is 0 Å². The molecule has 0 unspecified atom stereocenters. The molecule has 0 aliphatic heterocycles. The molecule has 0 saturated carbocycles. The molecule has 0 aliphatic rings. The topological polar surface area (TPSA) is 55.1 Å². The summed E-state index contributed by atoms with van der Waals surface area (Å²) in [5.74, 6) is -0.103. The number of carbonyl (C=O) groups is 1. The van der Waals surface area contributed by atoms with Gasteiger partial charge in [-0.25, -0.2) is 0 Å². The van der Waals surface area contributed by atoms with Crippen LogP contribution in [0.3, 0.4) is 0 Å². The third-order valence-corrected chi connectivity index (χ3v) is 2.64. The molecule has 0 bridgehead atoms. The van der Waals surface area contributed by atoms with E-state index in [1.807, 2.05) is 58.0 Å². The molecule has 0 amide bonds. The Morgan fingerprint density at radius 3 is 2.26 bits per heavy atom. The fourth-order valence-corrected chi connectivity index (χ4v) is 1.41. The molecule has 0 aromatic heterocycles. The summed E-state index contributed by atoms with van der Waals surface area (Å²) in [7, 11) is 0. The van der Waals surface area contributed by atoms with Crippen LogP contribution in [0.25, 0.3) is 0 Å². The molecular weight excluding hydrogens is 236 g/mol. The summed E-state index contributed by atoms with van der Waals surface area (Å²) in [6, 6.07) is 9.72. The first kappa shape index (κ1) is 15.0. The van der Waals surface area contributed by atoms with Crippen molar-refractivity contribution < 1.29 is 4.79 Å². The van der Waals surface area contributed by atoms with Crippen LogP contribution in [0.4, 0.5) is 5.69 Å². The normalized spacial score (nSPS) is 13.3. The molecule has 1 aromatic carbocycles. The molecule has 3 heteroatoms. The van der Waals surface area contributed by atoms with Crippen molar-refractivity contribution in [1.82, 2.24) is 0 Å². The number of anilines is 1. The lowest BCUT2D eigenvalue weighted by Gasteiger charge is -2.18. The second-order valence-corrected chi connectivity index (χ2v) is 5.57. The minimum atomic E-state index is -0.190. The van der Waals surface area contributed by atoms with E-state index in [0.717, 1.165) is 11.4 Å². The van der Waals surface area contributed by atoms with E-state index in [1.165, 1.54) is 6.08 Å². The summed E-state index contributed by atoms with van der Waals surface area (Å²) >= 11 is 0. The van der Waals surface area contributed by atoms with Gasteiger partial charge in [0.15, 0.2) is 5.78 Å². The first-order valence-corrected chi connectivity index (χ1v) is 6.31. The van der Waals surface area contributed by atoms with Crippen LogP contribution in [-0.4, -0.2) is 5.78 Å². The highest BCUT2D eigenvalue weighted by Gasteiger charge is 2.14. The van der Waals surface area contributed by atoms with E-state index in [9.17, 15) is 4.79 Å². The summed E-state index contributed by atoms with van der Waals surface area (Å²) in [5.41, 5.74) is 8.01. The number of allylic oxidation sites excluding steroid dienone is 4. The Balaban J connectivity index is 2.72.